The van der Waals surface area contributed by atoms with Crippen molar-refractivity contribution in [1.29, 1.82) is 0 Å². The van der Waals surface area contributed by atoms with Gasteiger partial charge in [-0.1, -0.05) is 30.3 Å². The zero-order chi connectivity index (χ0) is 25.7. The molecule has 1 aromatic heterocycles. The Bertz CT molecular complexity index is 1190. The molecule has 2 heterocycles. The Hall–Kier alpha value is -3.43. The molecule has 1 aliphatic rings. The van der Waals surface area contributed by atoms with Crippen molar-refractivity contribution >= 4 is 22.6 Å². The van der Waals surface area contributed by atoms with Crippen LogP contribution in [0.15, 0.2) is 42.5 Å². The van der Waals surface area contributed by atoms with E-state index in [0.29, 0.717) is 60.2 Å². The molecule has 0 bridgehead atoms. The van der Waals surface area contributed by atoms with Crippen LogP contribution in [0, 0.1) is 0 Å². The van der Waals surface area contributed by atoms with Gasteiger partial charge in [0.1, 0.15) is 11.6 Å². The van der Waals surface area contributed by atoms with E-state index < -0.39 is 6.10 Å². The first-order valence-electron chi connectivity index (χ1n) is 12.3. The number of fused-ring (bicyclic) bond motifs is 1. The number of carbonyl (C=O) groups is 1. The lowest BCUT2D eigenvalue weighted by Crippen LogP contribution is -2.49. The SMILES string of the molecule is COc1cc2nc(CNCC3(c4ccccc4)CCN(C(=O)C[C@H](C)O)CC3)nc(N)c2cc1OC. The zero-order valence-corrected chi connectivity index (χ0v) is 21.2. The Morgan fingerprint density at radius 1 is 1.14 bits per heavy atom. The van der Waals surface area contributed by atoms with E-state index in [9.17, 15) is 9.90 Å². The van der Waals surface area contributed by atoms with Gasteiger partial charge in [0.25, 0.3) is 0 Å². The smallest absolute Gasteiger partial charge is 0.225 e. The molecule has 1 saturated heterocycles. The summed E-state index contributed by atoms with van der Waals surface area (Å²) in [6, 6.07) is 14.0. The third-order valence-electron chi connectivity index (χ3n) is 6.95. The van der Waals surface area contributed by atoms with Crippen LogP contribution in [0.3, 0.4) is 0 Å². The van der Waals surface area contributed by atoms with Gasteiger partial charge in [0.2, 0.25) is 5.91 Å². The molecule has 4 rings (SSSR count). The predicted octanol–water partition coefficient (Wildman–Crippen LogP) is 2.65. The summed E-state index contributed by atoms with van der Waals surface area (Å²) in [6.45, 7) is 4.12. The number of likely N-dealkylation sites (tertiary alicyclic amines) is 1. The fourth-order valence-corrected chi connectivity index (χ4v) is 4.95. The Morgan fingerprint density at radius 2 is 1.81 bits per heavy atom. The number of nitrogen functional groups attached to an aromatic ring is 1. The van der Waals surface area contributed by atoms with Crippen LogP contribution in [-0.2, 0) is 16.8 Å². The van der Waals surface area contributed by atoms with Crippen molar-refractivity contribution in [3.63, 3.8) is 0 Å². The average Bonchev–Trinajstić information content (AvgIpc) is 2.88. The molecule has 4 N–H and O–H groups in total. The van der Waals surface area contributed by atoms with Crippen LogP contribution in [0.1, 0.15) is 37.6 Å². The molecule has 1 amide bonds. The quantitative estimate of drug-likeness (QED) is 0.416. The van der Waals surface area contributed by atoms with Crippen LogP contribution in [0.2, 0.25) is 0 Å². The summed E-state index contributed by atoms with van der Waals surface area (Å²) < 4.78 is 10.8. The van der Waals surface area contributed by atoms with Gasteiger partial charge < -0.3 is 30.5 Å². The summed E-state index contributed by atoms with van der Waals surface area (Å²) in [5.74, 6) is 2.16. The minimum atomic E-state index is -0.629. The first kappa shape index (κ1) is 25.7. The van der Waals surface area contributed by atoms with Gasteiger partial charge in [-0.2, -0.15) is 0 Å². The van der Waals surface area contributed by atoms with E-state index in [1.165, 1.54) is 5.56 Å². The topological polar surface area (TPSA) is 123 Å². The molecular weight excluding hydrogens is 458 g/mol. The van der Waals surface area contributed by atoms with Crippen molar-refractivity contribution in [2.75, 3.05) is 39.6 Å². The molecule has 1 atom stereocenters. The number of aromatic nitrogens is 2. The van der Waals surface area contributed by atoms with Crippen LogP contribution >= 0.6 is 0 Å². The molecule has 36 heavy (non-hydrogen) atoms. The number of hydrogen-bond acceptors (Lipinski definition) is 8. The minimum Gasteiger partial charge on any atom is -0.493 e. The largest absolute Gasteiger partial charge is 0.493 e. The summed E-state index contributed by atoms with van der Waals surface area (Å²) in [4.78, 5) is 23.5. The lowest BCUT2D eigenvalue weighted by molar-refractivity contribution is -0.134. The van der Waals surface area contributed by atoms with Gasteiger partial charge in [-0.15, -0.1) is 0 Å². The Morgan fingerprint density at radius 3 is 2.44 bits per heavy atom. The number of nitrogens with one attached hydrogen (secondary N) is 1. The number of anilines is 1. The minimum absolute atomic E-state index is 0.00622. The van der Waals surface area contributed by atoms with Crippen molar-refractivity contribution in [2.45, 2.75) is 44.2 Å². The fourth-order valence-electron chi connectivity index (χ4n) is 4.95. The van der Waals surface area contributed by atoms with E-state index in [2.05, 4.69) is 34.6 Å². The molecule has 1 aliphatic heterocycles. The molecule has 192 valence electrons. The highest BCUT2D eigenvalue weighted by atomic mass is 16.5. The van der Waals surface area contributed by atoms with Gasteiger partial charge in [-0.05, 0) is 31.4 Å². The summed E-state index contributed by atoms with van der Waals surface area (Å²) in [6.07, 6.45) is 1.18. The van der Waals surface area contributed by atoms with E-state index in [-0.39, 0.29) is 17.7 Å². The number of rotatable bonds is 9. The molecule has 2 aromatic carbocycles. The van der Waals surface area contributed by atoms with Crippen LogP contribution < -0.4 is 20.5 Å². The maximum Gasteiger partial charge on any atom is 0.225 e. The van der Waals surface area contributed by atoms with Gasteiger partial charge >= 0.3 is 0 Å². The molecule has 9 heteroatoms. The maximum absolute atomic E-state index is 12.5. The lowest BCUT2D eigenvalue weighted by Gasteiger charge is -2.42. The zero-order valence-electron chi connectivity index (χ0n) is 21.2. The van der Waals surface area contributed by atoms with Crippen molar-refractivity contribution < 1.29 is 19.4 Å². The molecular formula is C27H35N5O4. The molecule has 1 fully saturated rings. The van der Waals surface area contributed by atoms with Crippen LogP contribution in [-0.4, -0.2) is 65.8 Å². The highest BCUT2D eigenvalue weighted by molar-refractivity contribution is 5.90. The fraction of sp³-hybridized carbons (Fsp3) is 0.444. The molecule has 9 nitrogen and oxygen atoms in total. The van der Waals surface area contributed by atoms with E-state index in [1.807, 2.05) is 11.0 Å². The standard InChI is InChI=1S/C27H35N5O4/c1-18(33)13-25(34)32-11-9-27(10-12-32,19-7-5-4-6-8-19)17-29-16-24-30-21-15-23(36-3)22(35-2)14-20(21)26(28)31-24/h4-8,14-15,18,29,33H,9-13,16-17H2,1-3H3,(H2,28,30,31)/t18-/m0/s1. The highest BCUT2D eigenvalue weighted by Gasteiger charge is 2.37. The monoisotopic (exact) mass is 493 g/mol. The van der Waals surface area contributed by atoms with Crippen molar-refractivity contribution in [1.82, 2.24) is 20.2 Å². The van der Waals surface area contributed by atoms with Crippen molar-refractivity contribution in [2.24, 2.45) is 0 Å². The van der Waals surface area contributed by atoms with Gasteiger partial charge in [-0.25, -0.2) is 9.97 Å². The van der Waals surface area contributed by atoms with Gasteiger partial charge in [-0.3, -0.25) is 4.79 Å². The molecule has 0 unspecified atom stereocenters. The van der Waals surface area contributed by atoms with Crippen LogP contribution in [0.25, 0.3) is 10.9 Å². The van der Waals surface area contributed by atoms with Gasteiger partial charge in [0, 0.05) is 36.5 Å². The number of benzene rings is 2. The number of amides is 1. The van der Waals surface area contributed by atoms with E-state index >= 15 is 0 Å². The van der Waals surface area contributed by atoms with Crippen molar-refractivity contribution in [3.8, 4) is 11.5 Å². The molecule has 0 spiro atoms. The van der Waals surface area contributed by atoms with Crippen molar-refractivity contribution in [3.05, 3.63) is 53.9 Å². The number of aliphatic hydroxyl groups is 1. The lowest BCUT2D eigenvalue weighted by atomic mass is 9.72. The summed E-state index contributed by atoms with van der Waals surface area (Å²) in [5, 5.41) is 13.9. The Kier molecular flexibility index (Phi) is 7.91. The average molecular weight is 494 g/mol. The number of carbonyl (C=O) groups excluding carboxylic acids is 1. The number of piperidine rings is 1. The van der Waals surface area contributed by atoms with Gasteiger partial charge in [0.05, 0.1) is 38.8 Å². The molecule has 3 aromatic rings. The molecule has 0 radical (unpaired) electrons. The van der Waals surface area contributed by atoms with E-state index in [0.717, 1.165) is 12.8 Å². The Balaban J connectivity index is 1.49. The third-order valence-corrected chi connectivity index (χ3v) is 6.95. The number of hydrogen-bond donors (Lipinski definition) is 3. The summed E-state index contributed by atoms with van der Waals surface area (Å²) in [7, 11) is 3.16. The third kappa shape index (κ3) is 5.52. The number of aliphatic hydroxyl groups excluding tert-OH is 1. The van der Waals surface area contributed by atoms with E-state index in [1.54, 1.807) is 33.3 Å². The van der Waals surface area contributed by atoms with E-state index in [4.69, 9.17) is 20.2 Å². The second-order valence-corrected chi connectivity index (χ2v) is 9.43. The first-order valence-corrected chi connectivity index (χ1v) is 12.3. The number of methoxy groups -OCH3 is 2. The highest BCUT2D eigenvalue weighted by Crippen LogP contribution is 2.36. The predicted molar refractivity (Wildman–Crippen MR) is 139 cm³/mol. The summed E-state index contributed by atoms with van der Waals surface area (Å²) >= 11 is 0. The summed E-state index contributed by atoms with van der Waals surface area (Å²) in [5.41, 5.74) is 8.07. The molecule has 0 aliphatic carbocycles. The number of nitrogens with zero attached hydrogens (tertiary/aromatic N) is 3. The normalized spacial score (nSPS) is 16.1. The second kappa shape index (κ2) is 11.1. The maximum atomic E-state index is 12.5. The first-order chi connectivity index (χ1) is 17.3. The number of ether oxygens (including phenoxy) is 2. The number of nitrogens with two attached hydrogens (primary N) is 1. The second-order valence-electron chi connectivity index (χ2n) is 9.43. The van der Waals surface area contributed by atoms with Crippen LogP contribution in [0.5, 0.6) is 11.5 Å². The molecule has 0 saturated carbocycles. The van der Waals surface area contributed by atoms with Crippen LogP contribution in [0.4, 0.5) is 5.82 Å². The van der Waals surface area contributed by atoms with Gasteiger partial charge in [0.15, 0.2) is 11.5 Å². The Labute approximate surface area is 211 Å².